The lowest BCUT2D eigenvalue weighted by Crippen LogP contribution is -2.36. The van der Waals surface area contributed by atoms with Crippen LogP contribution in [0.4, 0.5) is 0 Å². The van der Waals surface area contributed by atoms with Crippen LogP contribution in [-0.4, -0.2) is 37.9 Å². The van der Waals surface area contributed by atoms with Crippen LogP contribution in [0.1, 0.15) is 26.2 Å². The maximum absolute atomic E-state index is 11.3. The van der Waals surface area contributed by atoms with Crippen LogP contribution in [0.5, 0.6) is 0 Å². The Labute approximate surface area is 101 Å². The van der Waals surface area contributed by atoms with Crippen LogP contribution in [0.15, 0.2) is 0 Å². The third-order valence-corrected chi connectivity index (χ3v) is 2.32. The average Bonchev–Trinajstić information content (AvgIpc) is 2.31. The van der Waals surface area contributed by atoms with Gasteiger partial charge < -0.3 is 20.6 Å². The summed E-state index contributed by atoms with van der Waals surface area (Å²) in [7, 11) is 0. The zero-order chi connectivity index (χ0) is 13.1. The molecule has 1 amide bonds. The number of amides is 1. The summed E-state index contributed by atoms with van der Waals surface area (Å²) in [5.41, 5.74) is 5.52. The van der Waals surface area contributed by atoms with Gasteiger partial charge in [0, 0.05) is 24.8 Å². The normalized spacial score (nSPS) is 13.5. The Balaban J connectivity index is 3.87. The van der Waals surface area contributed by atoms with Crippen LogP contribution in [-0.2, 0) is 19.1 Å². The Morgan fingerprint density at radius 2 is 2.18 bits per heavy atom. The summed E-state index contributed by atoms with van der Waals surface area (Å²) in [5, 5.41) is 2.76. The van der Waals surface area contributed by atoms with Crippen molar-refractivity contribution in [2.24, 2.45) is 11.7 Å². The minimum absolute atomic E-state index is 0.0292. The summed E-state index contributed by atoms with van der Waals surface area (Å²) >= 11 is 0. The predicted molar refractivity (Wildman–Crippen MR) is 62.1 cm³/mol. The van der Waals surface area contributed by atoms with Crippen molar-refractivity contribution in [2.45, 2.75) is 32.2 Å². The number of carbonyl (C=O) groups is 3. The molecule has 0 aromatic heterocycles. The molecule has 2 unspecified atom stereocenters. The molecule has 0 aliphatic heterocycles. The molecule has 3 N–H and O–H groups in total. The predicted octanol–water partition coefficient (Wildman–Crippen LogP) is -0.392. The number of rotatable bonds is 10. The average molecular weight is 244 g/mol. The van der Waals surface area contributed by atoms with E-state index in [-0.39, 0.29) is 37.3 Å². The number of nitrogens with one attached hydrogen (secondary N) is 1. The van der Waals surface area contributed by atoms with E-state index < -0.39 is 0 Å². The summed E-state index contributed by atoms with van der Waals surface area (Å²) in [6.07, 6.45) is 1.78. The highest BCUT2D eigenvalue weighted by atomic mass is 16.5. The first-order valence-electron chi connectivity index (χ1n) is 5.62. The van der Waals surface area contributed by atoms with Gasteiger partial charge in [0.2, 0.25) is 5.91 Å². The topological polar surface area (TPSA) is 98.5 Å². The summed E-state index contributed by atoms with van der Waals surface area (Å²) < 4.78 is 4.64. The van der Waals surface area contributed by atoms with Gasteiger partial charge in [-0.05, 0) is 19.9 Å². The van der Waals surface area contributed by atoms with Crippen LogP contribution < -0.4 is 11.1 Å². The van der Waals surface area contributed by atoms with E-state index in [0.29, 0.717) is 25.7 Å². The van der Waals surface area contributed by atoms with E-state index in [1.165, 1.54) is 0 Å². The molecule has 2 atom stereocenters. The number of nitrogens with two attached hydrogens (primary N) is 1. The van der Waals surface area contributed by atoms with E-state index in [1.807, 2.05) is 6.92 Å². The molecule has 0 spiro atoms. The molecular weight excluding hydrogens is 224 g/mol. The van der Waals surface area contributed by atoms with Gasteiger partial charge in [-0.25, -0.2) is 0 Å². The fourth-order valence-electron chi connectivity index (χ4n) is 1.50. The summed E-state index contributed by atoms with van der Waals surface area (Å²) in [6.45, 7) is 2.88. The largest absolute Gasteiger partial charge is 0.468 e. The molecular formula is C11H20N2O4. The van der Waals surface area contributed by atoms with Gasteiger partial charge in [-0.3, -0.25) is 9.59 Å². The third kappa shape index (κ3) is 8.38. The number of hydrogen-bond donors (Lipinski definition) is 2. The maximum Gasteiger partial charge on any atom is 0.293 e. The van der Waals surface area contributed by atoms with Gasteiger partial charge in [0.15, 0.2) is 0 Å². The monoisotopic (exact) mass is 244 g/mol. The Bertz CT molecular complexity index is 246. The molecule has 0 fully saturated rings. The molecule has 6 heteroatoms. The smallest absolute Gasteiger partial charge is 0.293 e. The summed E-state index contributed by atoms with van der Waals surface area (Å²) in [5.74, 6) is -0.127. The Kier molecular flexibility index (Phi) is 8.95. The molecule has 0 radical (unpaired) electrons. The first-order chi connectivity index (χ1) is 8.13. The molecule has 0 saturated carbocycles. The van der Waals surface area contributed by atoms with Crippen molar-refractivity contribution in [3.8, 4) is 0 Å². The second kappa shape index (κ2) is 9.77. The lowest BCUT2D eigenvalue weighted by Gasteiger charge is -2.19. The molecule has 0 aliphatic carbocycles. The van der Waals surface area contributed by atoms with E-state index in [0.717, 1.165) is 0 Å². The van der Waals surface area contributed by atoms with E-state index in [4.69, 9.17) is 5.73 Å². The second-order valence-electron chi connectivity index (χ2n) is 3.94. The quantitative estimate of drug-likeness (QED) is 0.510. The zero-order valence-corrected chi connectivity index (χ0v) is 10.1. The van der Waals surface area contributed by atoms with Crippen molar-refractivity contribution in [1.29, 1.82) is 0 Å². The number of ether oxygens (including phenoxy) is 1. The molecule has 0 saturated heterocycles. The van der Waals surface area contributed by atoms with Crippen LogP contribution in [0, 0.1) is 5.92 Å². The summed E-state index contributed by atoms with van der Waals surface area (Å²) in [4.78, 5) is 31.4. The fraction of sp³-hybridized carbons (Fsp3) is 0.727. The van der Waals surface area contributed by atoms with Crippen LogP contribution >= 0.6 is 0 Å². The highest BCUT2D eigenvalue weighted by Gasteiger charge is 2.14. The van der Waals surface area contributed by atoms with E-state index >= 15 is 0 Å². The van der Waals surface area contributed by atoms with Crippen molar-refractivity contribution in [3.63, 3.8) is 0 Å². The molecule has 0 aromatic carbocycles. The fourth-order valence-corrected chi connectivity index (χ4v) is 1.50. The van der Waals surface area contributed by atoms with Gasteiger partial charge in [0.05, 0.1) is 6.61 Å². The number of carbonyl (C=O) groups excluding carboxylic acids is 3. The van der Waals surface area contributed by atoms with E-state index in [2.05, 4.69) is 10.1 Å². The molecule has 0 aromatic rings. The summed E-state index contributed by atoms with van der Waals surface area (Å²) in [6, 6.07) is -0.0574. The Hall–Kier alpha value is -1.43. The van der Waals surface area contributed by atoms with Crippen LogP contribution in [0.3, 0.4) is 0 Å². The SMILES string of the molecule is CC(CC(CN)COC=O)NC(=O)CCC=O. The lowest BCUT2D eigenvalue weighted by molar-refractivity contribution is -0.130. The van der Waals surface area contributed by atoms with Gasteiger partial charge in [0.1, 0.15) is 6.29 Å². The minimum atomic E-state index is -0.156. The first-order valence-corrected chi connectivity index (χ1v) is 5.62. The van der Waals surface area contributed by atoms with Gasteiger partial charge in [-0.2, -0.15) is 0 Å². The highest BCUT2D eigenvalue weighted by molar-refractivity contribution is 5.78. The van der Waals surface area contributed by atoms with Crippen LogP contribution in [0.2, 0.25) is 0 Å². The van der Waals surface area contributed by atoms with Crippen LogP contribution in [0.25, 0.3) is 0 Å². The molecule has 0 aliphatic rings. The minimum Gasteiger partial charge on any atom is -0.468 e. The third-order valence-electron chi connectivity index (χ3n) is 2.32. The van der Waals surface area contributed by atoms with Crippen molar-refractivity contribution < 1.29 is 19.1 Å². The first kappa shape index (κ1) is 15.6. The second-order valence-corrected chi connectivity index (χ2v) is 3.94. The van der Waals surface area contributed by atoms with E-state index in [9.17, 15) is 14.4 Å². The molecule has 0 rings (SSSR count). The molecule has 17 heavy (non-hydrogen) atoms. The highest BCUT2D eigenvalue weighted by Crippen LogP contribution is 2.06. The maximum atomic E-state index is 11.3. The van der Waals surface area contributed by atoms with Crippen molar-refractivity contribution >= 4 is 18.7 Å². The Morgan fingerprint density at radius 3 is 2.71 bits per heavy atom. The number of hydrogen-bond acceptors (Lipinski definition) is 5. The molecule has 0 heterocycles. The van der Waals surface area contributed by atoms with Gasteiger partial charge >= 0.3 is 0 Å². The molecule has 6 nitrogen and oxygen atoms in total. The number of aldehydes is 1. The molecule has 98 valence electrons. The van der Waals surface area contributed by atoms with Crippen molar-refractivity contribution in [3.05, 3.63) is 0 Å². The zero-order valence-electron chi connectivity index (χ0n) is 10.1. The standard InChI is InChI=1S/C11H20N2O4/c1-9(13-11(16)3-2-4-14)5-10(6-12)7-17-8-15/h4,8-10H,2-3,5-7,12H2,1H3,(H,13,16). The van der Waals surface area contributed by atoms with Crippen molar-refractivity contribution in [1.82, 2.24) is 5.32 Å². The van der Waals surface area contributed by atoms with Gasteiger partial charge in [-0.15, -0.1) is 0 Å². The van der Waals surface area contributed by atoms with Crippen molar-refractivity contribution in [2.75, 3.05) is 13.2 Å². The molecule has 0 bridgehead atoms. The lowest BCUT2D eigenvalue weighted by atomic mass is 10.0. The van der Waals surface area contributed by atoms with E-state index in [1.54, 1.807) is 0 Å². The van der Waals surface area contributed by atoms with Gasteiger partial charge in [0.25, 0.3) is 6.47 Å². The van der Waals surface area contributed by atoms with Gasteiger partial charge in [-0.1, -0.05) is 0 Å². The Morgan fingerprint density at radius 1 is 1.47 bits per heavy atom.